The summed E-state index contributed by atoms with van der Waals surface area (Å²) in [7, 11) is -2.42. The number of primary sulfonamides is 1. The second kappa shape index (κ2) is 6.55. The second-order valence-electron chi connectivity index (χ2n) is 5.15. The fourth-order valence-electron chi connectivity index (χ4n) is 2.51. The summed E-state index contributed by atoms with van der Waals surface area (Å²) >= 11 is 0. The van der Waals surface area contributed by atoms with E-state index in [1.54, 1.807) is 17.0 Å². The number of ether oxygens (including phenoxy) is 1. The number of piperidine rings is 1. The van der Waals surface area contributed by atoms with Crippen molar-refractivity contribution in [2.24, 2.45) is 5.14 Å². The molecule has 2 rings (SSSR count). The summed E-state index contributed by atoms with van der Waals surface area (Å²) in [6.45, 7) is 1.55. The zero-order valence-electron chi connectivity index (χ0n) is 12.0. The monoisotopic (exact) mass is 312 g/mol. The van der Waals surface area contributed by atoms with E-state index in [4.69, 9.17) is 9.88 Å². The summed E-state index contributed by atoms with van der Waals surface area (Å²) < 4.78 is 28.3. The van der Waals surface area contributed by atoms with Crippen molar-refractivity contribution in [1.82, 2.24) is 4.90 Å². The highest BCUT2D eigenvalue weighted by Gasteiger charge is 2.21. The van der Waals surface area contributed by atoms with Crippen molar-refractivity contribution in [3.63, 3.8) is 0 Å². The Morgan fingerprint density at radius 3 is 2.52 bits per heavy atom. The Hall–Kier alpha value is -1.44. The molecule has 1 aromatic carbocycles. The van der Waals surface area contributed by atoms with Gasteiger partial charge in [-0.3, -0.25) is 4.79 Å². The summed E-state index contributed by atoms with van der Waals surface area (Å²) in [5.41, 5.74) is 0.802. The van der Waals surface area contributed by atoms with E-state index in [0.717, 1.165) is 19.3 Å². The lowest BCUT2D eigenvalue weighted by Gasteiger charge is -2.27. The van der Waals surface area contributed by atoms with E-state index in [-0.39, 0.29) is 17.4 Å². The minimum Gasteiger partial charge on any atom is -0.380 e. The fraction of sp³-hybridized carbons (Fsp3) is 0.500. The van der Waals surface area contributed by atoms with Crippen LogP contribution in [0.2, 0.25) is 0 Å². The van der Waals surface area contributed by atoms with Gasteiger partial charge >= 0.3 is 0 Å². The van der Waals surface area contributed by atoms with Crippen LogP contribution in [0.25, 0.3) is 0 Å². The number of hydrogen-bond acceptors (Lipinski definition) is 4. The molecule has 1 aliphatic rings. The number of nitrogens with two attached hydrogens (primary N) is 1. The van der Waals surface area contributed by atoms with Crippen molar-refractivity contribution >= 4 is 15.9 Å². The first-order chi connectivity index (χ1) is 9.93. The molecular formula is C14H20N2O4S. The van der Waals surface area contributed by atoms with Crippen molar-refractivity contribution in [3.8, 4) is 0 Å². The predicted molar refractivity (Wildman–Crippen MR) is 78.3 cm³/mol. The number of amides is 1. The molecule has 7 heteroatoms. The number of carbonyl (C=O) groups excluding carboxylic acids is 1. The Kier molecular flexibility index (Phi) is 4.97. The topological polar surface area (TPSA) is 89.7 Å². The molecule has 0 radical (unpaired) electrons. The van der Waals surface area contributed by atoms with Gasteiger partial charge in [-0.15, -0.1) is 0 Å². The zero-order valence-corrected chi connectivity index (χ0v) is 12.9. The number of sulfonamides is 1. The first kappa shape index (κ1) is 15.9. The molecule has 0 saturated carbocycles. The maximum Gasteiger partial charge on any atom is 0.253 e. The normalized spacial score (nSPS) is 16.0. The van der Waals surface area contributed by atoms with Crippen LogP contribution < -0.4 is 5.14 Å². The Labute approximate surface area is 124 Å². The minimum atomic E-state index is -3.89. The highest BCUT2D eigenvalue weighted by Crippen LogP contribution is 2.20. The van der Waals surface area contributed by atoms with Crippen molar-refractivity contribution in [2.45, 2.75) is 30.8 Å². The van der Waals surface area contributed by atoms with Gasteiger partial charge in [-0.2, -0.15) is 0 Å². The first-order valence-electron chi connectivity index (χ1n) is 6.87. The molecule has 0 spiro atoms. The highest BCUT2D eigenvalue weighted by molar-refractivity contribution is 7.89. The number of nitrogens with zero attached hydrogens (tertiary/aromatic N) is 1. The van der Waals surface area contributed by atoms with Crippen LogP contribution in [-0.2, 0) is 21.4 Å². The lowest BCUT2D eigenvalue weighted by Crippen LogP contribution is -2.35. The molecule has 0 bridgehead atoms. The molecule has 116 valence electrons. The van der Waals surface area contributed by atoms with Gasteiger partial charge in [0.1, 0.15) is 0 Å². The molecule has 1 fully saturated rings. The van der Waals surface area contributed by atoms with Crippen molar-refractivity contribution in [3.05, 3.63) is 29.3 Å². The lowest BCUT2D eigenvalue weighted by molar-refractivity contribution is 0.0724. The molecule has 1 aliphatic heterocycles. The number of carbonyl (C=O) groups is 1. The summed E-state index contributed by atoms with van der Waals surface area (Å²) in [6.07, 6.45) is 3.09. The number of benzene rings is 1. The second-order valence-corrected chi connectivity index (χ2v) is 6.68. The summed E-state index contributed by atoms with van der Waals surface area (Å²) in [4.78, 5) is 14.1. The van der Waals surface area contributed by atoms with Crippen LogP contribution in [0.3, 0.4) is 0 Å². The van der Waals surface area contributed by atoms with Gasteiger partial charge in [0.15, 0.2) is 0 Å². The number of rotatable bonds is 4. The van der Waals surface area contributed by atoms with E-state index in [9.17, 15) is 13.2 Å². The maximum absolute atomic E-state index is 12.4. The van der Waals surface area contributed by atoms with Gasteiger partial charge in [-0.1, -0.05) is 6.07 Å². The molecule has 1 heterocycles. The predicted octanol–water partition coefficient (Wildman–Crippen LogP) is 1.11. The standard InChI is InChI=1S/C14H20N2O4S/c1-20-10-12-6-5-11(9-13(12)21(15,18)19)14(17)16-7-3-2-4-8-16/h5-6,9H,2-4,7-8,10H2,1H3,(H2,15,18,19). The highest BCUT2D eigenvalue weighted by atomic mass is 32.2. The third-order valence-corrected chi connectivity index (χ3v) is 4.56. The maximum atomic E-state index is 12.4. The van der Waals surface area contributed by atoms with Crippen LogP contribution in [0.5, 0.6) is 0 Å². The Balaban J connectivity index is 2.34. The fourth-order valence-corrected chi connectivity index (χ4v) is 3.29. The van der Waals surface area contributed by atoms with Crippen LogP contribution in [0.1, 0.15) is 35.2 Å². The van der Waals surface area contributed by atoms with Gasteiger partial charge in [0.05, 0.1) is 11.5 Å². The molecule has 0 atom stereocenters. The van der Waals surface area contributed by atoms with E-state index >= 15 is 0 Å². The van der Waals surface area contributed by atoms with Gasteiger partial charge in [-0.05, 0) is 37.0 Å². The number of methoxy groups -OCH3 is 1. The molecule has 0 aromatic heterocycles. The Morgan fingerprint density at radius 2 is 1.95 bits per heavy atom. The lowest BCUT2D eigenvalue weighted by atomic mass is 10.1. The van der Waals surface area contributed by atoms with Crippen molar-refractivity contribution < 1.29 is 17.9 Å². The summed E-state index contributed by atoms with van der Waals surface area (Å²) in [5.74, 6) is -0.149. The van der Waals surface area contributed by atoms with Crippen LogP contribution in [0.15, 0.2) is 23.1 Å². The van der Waals surface area contributed by atoms with E-state index in [1.165, 1.54) is 13.2 Å². The quantitative estimate of drug-likeness (QED) is 0.901. The molecule has 0 aliphatic carbocycles. The molecule has 0 unspecified atom stereocenters. The molecule has 2 N–H and O–H groups in total. The minimum absolute atomic E-state index is 0.0489. The van der Waals surface area contributed by atoms with Gasteiger partial charge < -0.3 is 9.64 Å². The van der Waals surface area contributed by atoms with Crippen molar-refractivity contribution in [1.29, 1.82) is 0 Å². The molecule has 6 nitrogen and oxygen atoms in total. The van der Waals surface area contributed by atoms with Crippen LogP contribution in [0, 0.1) is 0 Å². The molecular weight excluding hydrogens is 292 g/mol. The molecule has 1 saturated heterocycles. The number of hydrogen-bond donors (Lipinski definition) is 1. The summed E-state index contributed by atoms with van der Waals surface area (Å²) in [6, 6.07) is 4.56. The first-order valence-corrected chi connectivity index (χ1v) is 8.42. The zero-order chi connectivity index (χ0) is 15.5. The van der Waals surface area contributed by atoms with E-state index in [2.05, 4.69) is 0 Å². The third kappa shape index (κ3) is 3.81. The average Bonchev–Trinajstić information content (AvgIpc) is 2.47. The summed E-state index contributed by atoms with van der Waals surface area (Å²) in [5, 5.41) is 5.23. The Morgan fingerprint density at radius 1 is 1.29 bits per heavy atom. The van der Waals surface area contributed by atoms with E-state index in [1.807, 2.05) is 0 Å². The third-order valence-electron chi connectivity index (χ3n) is 3.56. The van der Waals surface area contributed by atoms with Gasteiger partial charge in [0.2, 0.25) is 10.0 Å². The molecule has 21 heavy (non-hydrogen) atoms. The number of likely N-dealkylation sites (tertiary alicyclic amines) is 1. The van der Waals surface area contributed by atoms with E-state index < -0.39 is 10.0 Å². The van der Waals surface area contributed by atoms with Gasteiger partial charge in [-0.25, -0.2) is 13.6 Å². The largest absolute Gasteiger partial charge is 0.380 e. The smallest absolute Gasteiger partial charge is 0.253 e. The van der Waals surface area contributed by atoms with Crippen LogP contribution in [0.4, 0.5) is 0 Å². The SMILES string of the molecule is COCc1ccc(C(=O)N2CCCCC2)cc1S(N)(=O)=O. The van der Waals surface area contributed by atoms with Crippen molar-refractivity contribution in [2.75, 3.05) is 20.2 Å². The van der Waals surface area contributed by atoms with Gasteiger partial charge in [0.25, 0.3) is 5.91 Å². The average molecular weight is 312 g/mol. The van der Waals surface area contributed by atoms with Crippen LogP contribution in [-0.4, -0.2) is 39.4 Å². The van der Waals surface area contributed by atoms with Gasteiger partial charge in [0, 0.05) is 25.8 Å². The van der Waals surface area contributed by atoms with E-state index in [0.29, 0.717) is 24.2 Å². The molecule has 1 amide bonds. The molecule has 1 aromatic rings. The van der Waals surface area contributed by atoms with Crippen LogP contribution >= 0.6 is 0 Å². The Bertz CT molecular complexity index is 622.